The van der Waals surface area contributed by atoms with Gasteiger partial charge < -0.3 is 9.47 Å². The maximum Gasteiger partial charge on any atom is 0.137 e. The summed E-state index contributed by atoms with van der Waals surface area (Å²) in [5.74, 6) is 4.66. The van der Waals surface area contributed by atoms with E-state index in [1.54, 1.807) is 6.20 Å². The lowest BCUT2D eigenvalue weighted by Gasteiger charge is -2.12. The number of nitrogens with zero attached hydrogens (tertiary/aromatic N) is 6. The molecule has 11 rings (SSSR count). The Bertz CT molecular complexity index is 3480. The van der Waals surface area contributed by atoms with Gasteiger partial charge in [-0.3, -0.25) is 19.1 Å². The molecule has 0 radical (unpaired) electrons. The van der Waals surface area contributed by atoms with Gasteiger partial charge in [-0.25, -0.2) is 9.97 Å². The number of aromatic nitrogens is 6. The number of hydrogen-bond donors (Lipinski definition) is 0. The van der Waals surface area contributed by atoms with Crippen molar-refractivity contribution in [1.29, 1.82) is 0 Å². The van der Waals surface area contributed by atoms with E-state index in [1.807, 2.05) is 80.1 Å². The average molecular weight is 791 g/mol. The van der Waals surface area contributed by atoms with Crippen LogP contribution in [-0.4, -0.2) is 29.1 Å². The first-order chi connectivity index (χ1) is 29.9. The van der Waals surface area contributed by atoms with Crippen molar-refractivity contribution in [3.05, 3.63) is 193 Å². The zero-order valence-electron chi connectivity index (χ0n) is 33.7. The molecule has 0 aliphatic heterocycles. The highest BCUT2D eigenvalue weighted by molar-refractivity contribution is 6.10. The number of hydrogen-bond acceptors (Lipinski definition) is 6. The molecule has 8 nitrogen and oxygen atoms in total. The summed E-state index contributed by atoms with van der Waals surface area (Å²) in [6, 6.07) is 51.7. The SMILES string of the molecule is Cc1ccnc(-n2c3ccccc3c3ccc(Oc4cccc(-c5cnc(-c6ccc(C)c(Oc7ccc8c9ccccc9n(-c9cc(C)ccn9)c8c7)c6)cn5)c4)cc32)c1. The molecule has 0 saturated heterocycles. The molecular weight excluding hydrogens is 753 g/mol. The lowest BCUT2D eigenvalue weighted by Crippen LogP contribution is -1.97. The average Bonchev–Trinajstić information content (AvgIpc) is 3.79. The van der Waals surface area contributed by atoms with Crippen LogP contribution in [0, 0.1) is 20.8 Å². The van der Waals surface area contributed by atoms with E-state index < -0.39 is 0 Å². The summed E-state index contributed by atoms with van der Waals surface area (Å²) in [6.07, 6.45) is 7.32. The summed E-state index contributed by atoms with van der Waals surface area (Å²) in [5, 5.41) is 4.61. The van der Waals surface area contributed by atoms with E-state index in [0.29, 0.717) is 5.75 Å². The Hall–Kier alpha value is -8.10. The number of fused-ring (bicyclic) bond motifs is 6. The minimum atomic E-state index is 0.702. The molecule has 61 heavy (non-hydrogen) atoms. The molecule has 0 bridgehead atoms. The summed E-state index contributed by atoms with van der Waals surface area (Å²) in [6.45, 7) is 6.22. The molecule has 5 heterocycles. The van der Waals surface area contributed by atoms with Crippen LogP contribution in [0.2, 0.25) is 0 Å². The van der Waals surface area contributed by atoms with Crippen LogP contribution >= 0.6 is 0 Å². The minimum Gasteiger partial charge on any atom is -0.457 e. The first kappa shape index (κ1) is 36.0. The lowest BCUT2D eigenvalue weighted by atomic mass is 10.1. The Labute approximate surface area is 352 Å². The van der Waals surface area contributed by atoms with Crippen molar-refractivity contribution in [3.63, 3.8) is 0 Å². The topological polar surface area (TPSA) is 79.9 Å². The zero-order chi connectivity index (χ0) is 41.0. The van der Waals surface area contributed by atoms with Crippen LogP contribution < -0.4 is 9.47 Å². The van der Waals surface area contributed by atoms with Crippen LogP contribution in [0.3, 0.4) is 0 Å². The fourth-order valence-electron chi connectivity index (χ4n) is 8.28. The second-order valence-electron chi connectivity index (χ2n) is 15.4. The molecule has 8 heteroatoms. The summed E-state index contributed by atoms with van der Waals surface area (Å²) in [5.41, 5.74) is 10.9. The summed E-state index contributed by atoms with van der Waals surface area (Å²) >= 11 is 0. The van der Waals surface area contributed by atoms with Gasteiger partial charge in [0.25, 0.3) is 0 Å². The molecule has 0 saturated carbocycles. The Morgan fingerprint density at radius 3 is 1.49 bits per heavy atom. The third-order valence-electron chi connectivity index (χ3n) is 11.3. The third kappa shape index (κ3) is 6.51. The standard InChI is InChI=1S/C53H38N6O2/c1-33-21-23-54-52(25-33)58-47-13-6-4-11-41(47)43-19-17-39(29-49(43)58)60-38-10-8-9-36(27-38)45-31-57-46(32-56-45)37-16-15-35(3)51(28-37)61-40-18-20-44-42-12-5-7-14-48(42)59(50(44)30-40)53-26-34(2)22-24-55-53/h4-32H,1-3H3. The number of aryl methyl sites for hydroxylation is 3. The van der Waals surface area contributed by atoms with E-state index in [-0.39, 0.29) is 0 Å². The van der Waals surface area contributed by atoms with Crippen molar-refractivity contribution < 1.29 is 9.47 Å². The highest BCUT2D eigenvalue weighted by Gasteiger charge is 2.17. The van der Waals surface area contributed by atoms with E-state index in [4.69, 9.17) is 29.4 Å². The lowest BCUT2D eigenvalue weighted by molar-refractivity contribution is 0.479. The van der Waals surface area contributed by atoms with Gasteiger partial charge in [0.05, 0.1) is 45.8 Å². The van der Waals surface area contributed by atoms with E-state index in [0.717, 1.165) is 101 Å². The van der Waals surface area contributed by atoms with Crippen LogP contribution in [0.5, 0.6) is 23.0 Å². The molecule has 0 spiro atoms. The second kappa shape index (κ2) is 14.6. The molecule has 6 aromatic carbocycles. The Morgan fingerprint density at radius 2 is 0.918 bits per heavy atom. The maximum atomic E-state index is 6.62. The highest BCUT2D eigenvalue weighted by Crippen LogP contribution is 2.38. The van der Waals surface area contributed by atoms with Gasteiger partial charge in [-0.05, 0) is 116 Å². The smallest absolute Gasteiger partial charge is 0.137 e. The molecule has 292 valence electrons. The molecule has 0 fully saturated rings. The van der Waals surface area contributed by atoms with Crippen molar-refractivity contribution in [3.8, 4) is 57.1 Å². The van der Waals surface area contributed by atoms with Crippen molar-refractivity contribution in [2.45, 2.75) is 20.8 Å². The van der Waals surface area contributed by atoms with E-state index in [9.17, 15) is 0 Å². The normalized spacial score (nSPS) is 11.5. The fourth-order valence-corrected chi connectivity index (χ4v) is 8.28. The van der Waals surface area contributed by atoms with Crippen LogP contribution in [0.4, 0.5) is 0 Å². The Balaban J connectivity index is 0.862. The van der Waals surface area contributed by atoms with Crippen LogP contribution in [-0.2, 0) is 0 Å². The van der Waals surface area contributed by atoms with Crippen LogP contribution in [0.25, 0.3) is 77.8 Å². The number of para-hydroxylation sites is 2. The fraction of sp³-hybridized carbons (Fsp3) is 0.0566. The maximum absolute atomic E-state index is 6.62. The Morgan fingerprint density at radius 1 is 0.393 bits per heavy atom. The number of ether oxygens (including phenoxy) is 2. The van der Waals surface area contributed by atoms with E-state index in [1.165, 1.54) is 10.8 Å². The predicted octanol–water partition coefficient (Wildman–Crippen LogP) is 13.3. The summed E-state index contributed by atoms with van der Waals surface area (Å²) < 4.78 is 17.5. The summed E-state index contributed by atoms with van der Waals surface area (Å²) in [7, 11) is 0. The molecular formula is C53H38N6O2. The van der Waals surface area contributed by atoms with Gasteiger partial charge in [-0.15, -0.1) is 0 Å². The molecule has 0 atom stereocenters. The van der Waals surface area contributed by atoms with Gasteiger partial charge in [0.1, 0.15) is 34.6 Å². The van der Waals surface area contributed by atoms with Crippen LogP contribution in [0.15, 0.2) is 176 Å². The van der Waals surface area contributed by atoms with Gasteiger partial charge in [0.2, 0.25) is 0 Å². The van der Waals surface area contributed by atoms with Crippen molar-refractivity contribution in [2.75, 3.05) is 0 Å². The van der Waals surface area contributed by atoms with Crippen molar-refractivity contribution in [1.82, 2.24) is 29.1 Å². The number of benzene rings is 6. The molecule has 0 N–H and O–H groups in total. The van der Waals surface area contributed by atoms with Gasteiger partial charge in [-0.2, -0.15) is 0 Å². The van der Waals surface area contributed by atoms with Crippen molar-refractivity contribution >= 4 is 43.6 Å². The minimum absolute atomic E-state index is 0.702. The highest BCUT2D eigenvalue weighted by atomic mass is 16.5. The van der Waals surface area contributed by atoms with Gasteiger partial charge >= 0.3 is 0 Å². The molecule has 11 aromatic rings. The predicted molar refractivity (Wildman–Crippen MR) is 244 cm³/mol. The third-order valence-corrected chi connectivity index (χ3v) is 11.3. The van der Waals surface area contributed by atoms with Crippen LogP contribution in [0.1, 0.15) is 16.7 Å². The van der Waals surface area contributed by atoms with E-state index in [2.05, 4.69) is 120 Å². The largest absolute Gasteiger partial charge is 0.457 e. The second-order valence-corrected chi connectivity index (χ2v) is 15.4. The molecule has 0 amide bonds. The van der Waals surface area contributed by atoms with Gasteiger partial charge in [0.15, 0.2) is 0 Å². The monoisotopic (exact) mass is 790 g/mol. The number of rotatable bonds is 8. The number of pyridine rings is 2. The van der Waals surface area contributed by atoms with Gasteiger partial charge in [-0.1, -0.05) is 60.7 Å². The zero-order valence-corrected chi connectivity index (χ0v) is 33.7. The van der Waals surface area contributed by atoms with Gasteiger partial charge in [0, 0.05) is 57.2 Å². The molecule has 0 unspecified atom stereocenters. The summed E-state index contributed by atoms with van der Waals surface area (Å²) in [4.78, 5) is 19.2. The molecule has 0 aliphatic carbocycles. The molecule has 5 aromatic heterocycles. The Kier molecular flexibility index (Phi) is 8.63. The quantitative estimate of drug-likeness (QED) is 0.152. The molecule has 0 aliphatic rings. The first-order valence-corrected chi connectivity index (χ1v) is 20.3. The van der Waals surface area contributed by atoms with Crippen molar-refractivity contribution in [2.24, 2.45) is 0 Å². The first-order valence-electron chi connectivity index (χ1n) is 20.3. The van der Waals surface area contributed by atoms with E-state index >= 15 is 0 Å².